The number of hydrogen-bond donors (Lipinski definition) is 0. The molecule has 0 radical (unpaired) electrons. The second kappa shape index (κ2) is 9.49. The number of carbonyl (C=O) groups is 3. The number of piperazine rings is 1. The third-order valence-corrected chi connectivity index (χ3v) is 6.16. The molecule has 2 saturated heterocycles. The Morgan fingerprint density at radius 2 is 1.47 bits per heavy atom. The largest absolute Gasteiger partial charge is 0.449 e. The van der Waals surface area contributed by atoms with Gasteiger partial charge in [-0.15, -0.1) is 0 Å². The zero-order chi connectivity index (χ0) is 21.7. The van der Waals surface area contributed by atoms with Crippen LogP contribution in [0.25, 0.3) is 0 Å². The normalized spacial score (nSPS) is 19.0. The van der Waals surface area contributed by atoms with Gasteiger partial charge in [0, 0.05) is 46.2 Å². The van der Waals surface area contributed by atoms with E-state index in [0.717, 1.165) is 5.56 Å². The number of amides is 3. The first kappa shape index (κ1) is 22.1. The van der Waals surface area contributed by atoms with Crippen LogP contribution >= 0.6 is 0 Å². The van der Waals surface area contributed by atoms with E-state index < -0.39 is 5.41 Å². The Labute approximate surface area is 179 Å². The summed E-state index contributed by atoms with van der Waals surface area (Å²) in [6.07, 6.45) is 0.932. The maximum atomic E-state index is 13.7. The third-order valence-electron chi connectivity index (χ3n) is 6.16. The van der Waals surface area contributed by atoms with Crippen molar-refractivity contribution < 1.29 is 19.1 Å². The van der Waals surface area contributed by atoms with Gasteiger partial charge < -0.3 is 19.4 Å². The highest BCUT2D eigenvalue weighted by Crippen LogP contribution is 2.37. The van der Waals surface area contributed by atoms with E-state index in [2.05, 4.69) is 0 Å². The van der Waals surface area contributed by atoms with Crippen LogP contribution in [0.1, 0.15) is 39.2 Å². The fourth-order valence-electron chi connectivity index (χ4n) is 4.31. The van der Waals surface area contributed by atoms with Crippen molar-refractivity contribution in [1.82, 2.24) is 14.7 Å². The van der Waals surface area contributed by atoms with Crippen LogP contribution in [0.5, 0.6) is 0 Å². The molecule has 1 aromatic carbocycles. The number of nitrogens with zero attached hydrogens (tertiary/aromatic N) is 3. The number of benzene rings is 1. The van der Waals surface area contributed by atoms with Crippen molar-refractivity contribution in [3.63, 3.8) is 0 Å². The molecule has 0 aromatic heterocycles. The summed E-state index contributed by atoms with van der Waals surface area (Å²) < 4.78 is 5.32. The van der Waals surface area contributed by atoms with E-state index in [1.165, 1.54) is 0 Å². The summed E-state index contributed by atoms with van der Waals surface area (Å²) in [5.74, 6) is 0.452. The van der Waals surface area contributed by atoms with Crippen LogP contribution in [-0.4, -0.2) is 78.5 Å². The van der Waals surface area contributed by atoms with Crippen LogP contribution in [0.2, 0.25) is 0 Å². The van der Waals surface area contributed by atoms with Gasteiger partial charge >= 0.3 is 6.09 Å². The van der Waals surface area contributed by atoms with Gasteiger partial charge in [0.05, 0.1) is 12.0 Å². The van der Waals surface area contributed by atoms with Crippen molar-refractivity contribution in [2.45, 2.75) is 39.0 Å². The molecule has 30 heavy (non-hydrogen) atoms. The van der Waals surface area contributed by atoms with Crippen LogP contribution in [-0.2, 0) is 19.7 Å². The maximum Gasteiger partial charge on any atom is 0.409 e. The minimum Gasteiger partial charge on any atom is -0.449 e. The summed E-state index contributed by atoms with van der Waals surface area (Å²) in [6, 6.07) is 9.91. The van der Waals surface area contributed by atoms with E-state index in [4.69, 9.17) is 4.74 Å². The molecule has 3 amide bonds. The molecule has 0 atom stereocenters. The van der Waals surface area contributed by atoms with Gasteiger partial charge in [-0.05, 0) is 24.3 Å². The van der Waals surface area contributed by atoms with Crippen molar-refractivity contribution in [2.75, 3.05) is 45.9 Å². The van der Waals surface area contributed by atoms with Gasteiger partial charge in [0.15, 0.2) is 0 Å². The average Bonchev–Trinajstić information content (AvgIpc) is 2.77. The fourth-order valence-corrected chi connectivity index (χ4v) is 4.31. The molecule has 7 heteroatoms. The Kier molecular flexibility index (Phi) is 7.00. The Balaban J connectivity index is 1.69. The molecule has 3 rings (SSSR count). The average molecular weight is 416 g/mol. The Hall–Kier alpha value is -2.57. The highest BCUT2D eigenvalue weighted by molar-refractivity contribution is 5.89. The molecule has 0 saturated carbocycles. The highest BCUT2D eigenvalue weighted by atomic mass is 16.6. The predicted molar refractivity (Wildman–Crippen MR) is 114 cm³/mol. The summed E-state index contributed by atoms with van der Waals surface area (Å²) in [7, 11) is 0. The standard InChI is InChI=1S/C23H33N3O4/c1-18(2)17-30-22(29)26-15-13-25(14-16-26)21(28)23(20-7-5-4-6-8-20)9-11-24(12-10-23)19(3)27/h4-8,18H,9-17H2,1-3H3. The molecular formula is C23H33N3O4. The molecule has 7 nitrogen and oxygen atoms in total. The molecule has 0 aliphatic carbocycles. The van der Waals surface area contributed by atoms with Gasteiger partial charge in [-0.3, -0.25) is 9.59 Å². The van der Waals surface area contributed by atoms with E-state index >= 15 is 0 Å². The van der Waals surface area contributed by atoms with E-state index in [0.29, 0.717) is 64.6 Å². The zero-order valence-electron chi connectivity index (χ0n) is 18.3. The zero-order valence-corrected chi connectivity index (χ0v) is 18.3. The topological polar surface area (TPSA) is 70.2 Å². The minimum absolute atomic E-state index is 0.0534. The number of carbonyl (C=O) groups excluding carboxylic acids is 3. The number of hydrogen-bond acceptors (Lipinski definition) is 4. The Morgan fingerprint density at radius 3 is 2.00 bits per heavy atom. The summed E-state index contributed by atoms with van der Waals surface area (Å²) in [6.45, 7) is 9.11. The molecule has 2 fully saturated rings. The van der Waals surface area contributed by atoms with Crippen molar-refractivity contribution in [1.29, 1.82) is 0 Å². The van der Waals surface area contributed by atoms with Crippen molar-refractivity contribution in [3.8, 4) is 0 Å². The lowest BCUT2D eigenvalue weighted by atomic mass is 9.71. The van der Waals surface area contributed by atoms with Crippen molar-refractivity contribution >= 4 is 17.9 Å². The van der Waals surface area contributed by atoms with Gasteiger partial charge in [-0.1, -0.05) is 44.2 Å². The monoisotopic (exact) mass is 415 g/mol. The van der Waals surface area contributed by atoms with Gasteiger partial charge in [0.1, 0.15) is 0 Å². The number of piperidine rings is 1. The quantitative estimate of drug-likeness (QED) is 0.758. The van der Waals surface area contributed by atoms with E-state index in [-0.39, 0.29) is 17.9 Å². The van der Waals surface area contributed by atoms with Crippen molar-refractivity contribution in [2.24, 2.45) is 5.92 Å². The lowest BCUT2D eigenvalue weighted by molar-refractivity contribution is -0.143. The van der Waals surface area contributed by atoms with E-state index in [1.807, 2.05) is 54.0 Å². The maximum absolute atomic E-state index is 13.7. The van der Waals surface area contributed by atoms with Crippen LogP contribution in [0.3, 0.4) is 0 Å². The lowest BCUT2D eigenvalue weighted by Crippen LogP contribution is -2.58. The Bertz CT molecular complexity index is 749. The van der Waals surface area contributed by atoms with Gasteiger partial charge in [-0.2, -0.15) is 0 Å². The molecule has 1 aromatic rings. The second-order valence-corrected chi connectivity index (χ2v) is 8.70. The molecule has 0 bridgehead atoms. The Morgan fingerprint density at radius 1 is 0.900 bits per heavy atom. The van der Waals surface area contributed by atoms with Crippen LogP contribution in [0.4, 0.5) is 4.79 Å². The van der Waals surface area contributed by atoms with E-state index in [1.54, 1.807) is 11.8 Å². The molecule has 2 heterocycles. The van der Waals surface area contributed by atoms with Crippen LogP contribution in [0, 0.1) is 5.92 Å². The molecule has 0 unspecified atom stereocenters. The smallest absolute Gasteiger partial charge is 0.409 e. The van der Waals surface area contributed by atoms with Gasteiger partial charge in [-0.25, -0.2) is 4.79 Å². The number of ether oxygens (including phenoxy) is 1. The number of rotatable bonds is 4. The van der Waals surface area contributed by atoms with Crippen molar-refractivity contribution in [3.05, 3.63) is 35.9 Å². The molecular weight excluding hydrogens is 382 g/mol. The first-order valence-electron chi connectivity index (χ1n) is 10.9. The van der Waals surface area contributed by atoms with Gasteiger partial charge in [0.25, 0.3) is 0 Å². The first-order chi connectivity index (χ1) is 14.3. The predicted octanol–water partition coefficient (Wildman–Crippen LogP) is 2.50. The summed E-state index contributed by atoms with van der Waals surface area (Å²) >= 11 is 0. The van der Waals surface area contributed by atoms with Crippen LogP contribution in [0.15, 0.2) is 30.3 Å². The first-order valence-corrected chi connectivity index (χ1v) is 10.9. The van der Waals surface area contributed by atoms with E-state index in [9.17, 15) is 14.4 Å². The molecule has 0 spiro atoms. The fraction of sp³-hybridized carbons (Fsp3) is 0.609. The summed E-state index contributed by atoms with van der Waals surface area (Å²) in [5, 5.41) is 0. The van der Waals surface area contributed by atoms with Crippen LogP contribution < -0.4 is 0 Å². The molecule has 2 aliphatic heterocycles. The summed E-state index contributed by atoms with van der Waals surface area (Å²) in [5.41, 5.74) is 0.394. The minimum atomic E-state index is -0.618. The number of likely N-dealkylation sites (tertiary alicyclic amines) is 1. The lowest BCUT2D eigenvalue weighted by Gasteiger charge is -2.45. The second-order valence-electron chi connectivity index (χ2n) is 8.70. The summed E-state index contributed by atoms with van der Waals surface area (Å²) in [4.78, 5) is 43.1. The molecule has 164 valence electrons. The molecule has 2 aliphatic rings. The SMILES string of the molecule is CC(=O)N1CCC(C(=O)N2CCN(C(=O)OCC(C)C)CC2)(c2ccccc2)CC1. The highest BCUT2D eigenvalue weighted by Gasteiger charge is 2.46. The molecule has 0 N–H and O–H groups in total. The van der Waals surface area contributed by atoms with Gasteiger partial charge in [0.2, 0.25) is 11.8 Å². The third kappa shape index (κ3) is 4.77.